The number of anilines is 1. The maximum atomic E-state index is 12.5. The summed E-state index contributed by atoms with van der Waals surface area (Å²) >= 11 is 1.28. The van der Waals surface area contributed by atoms with Crippen molar-refractivity contribution in [1.29, 1.82) is 0 Å². The molecule has 1 heterocycles. The molecule has 0 atom stereocenters. The number of nitrogens with one attached hydrogen (secondary N) is 2. The van der Waals surface area contributed by atoms with E-state index in [1.807, 2.05) is 18.2 Å². The predicted octanol–water partition coefficient (Wildman–Crippen LogP) is 4.22. The number of amides is 2. The predicted molar refractivity (Wildman–Crippen MR) is 101 cm³/mol. The summed E-state index contributed by atoms with van der Waals surface area (Å²) in [4.78, 5) is 13.4. The van der Waals surface area contributed by atoms with Gasteiger partial charge in [0.25, 0.3) is 0 Å². The molecule has 2 aromatic carbocycles. The molecule has 0 spiro atoms. The van der Waals surface area contributed by atoms with Crippen molar-refractivity contribution in [3.63, 3.8) is 0 Å². The molecule has 0 saturated carbocycles. The van der Waals surface area contributed by atoms with Crippen LogP contribution in [-0.2, 0) is 25.7 Å². The van der Waals surface area contributed by atoms with Gasteiger partial charge in [0.2, 0.25) is 6.79 Å². The fraction of sp³-hybridized carbons (Fsp3) is 0.350. The normalized spacial score (nSPS) is 16.3. The van der Waals surface area contributed by atoms with E-state index in [1.54, 1.807) is 0 Å². The number of ether oxygens (including phenoxy) is 2. The van der Waals surface area contributed by atoms with Gasteiger partial charge in [0.05, 0.1) is 0 Å². The second-order valence-electron chi connectivity index (χ2n) is 6.91. The number of urea groups is 1. The van der Waals surface area contributed by atoms with E-state index in [4.69, 9.17) is 9.47 Å². The van der Waals surface area contributed by atoms with Gasteiger partial charge < -0.3 is 14.8 Å². The van der Waals surface area contributed by atoms with Crippen LogP contribution in [0.25, 0.3) is 0 Å². The van der Waals surface area contributed by atoms with E-state index in [0.29, 0.717) is 0 Å². The minimum Gasteiger partial charge on any atom is -0.454 e. The highest BCUT2D eigenvalue weighted by molar-refractivity contribution is 7.98. The van der Waals surface area contributed by atoms with Crippen LogP contribution in [0.4, 0.5) is 10.5 Å². The molecule has 5 nitrogen and oxygen atoms in total. The summed E-state index contributed by atoms with van der Waals surface area (Å²) in [5.41, 5.74) is 6.59. The first-order valence-electron chi connectivity index (χ1n) is 9.08. The lowest BCUT2D eigenvalue weighted by molar-refractivity contribution is 0.174. The molecule has 6 heteroatoms. The number of hydrogen-bond donors (Lipinski definition) is 2. The number of carbonyl (C=O) groups is 1. The average molecular weight is 368 g/mol. The van der Waals surface area contributed by atoms with E-state index in [-0.39, 0.29) is 12.8 Å². The number of carbonyl (C=O) groups excluding carboxylic acids is 1. The lowest BCUT2D eigenvalue weighted by Gasteiger charge is -2.16. The molecule has 0 radical (unpaired) electrons. The summed E-state index contributed by atoms with van der Waals surface area (Å²) in [5, 5.41) is 3.14. The first-order chi connectivity index (χ1) is 12.8. The third-order valence-corrected chi connectivity index (χ3v) is 6.09. The maximum absolute atomic E-state index is 12.5. The Morgan fingerprint density at radius 2 is 1.65 bits per heavy atom. The van der Waals surface area contributed by atoms with Crippen molar-refractivity contribution in [2.24, 2.45) is 0 Å². The largest absolute Gasteiger partial charge is 0.454 e. The van der Waals surface area contributed by atoms with Crippen molar-refractivity contribution >= 4 is 23.7 Å². The van der Waals surface area contributed by atoms with E-state index < -0.39 is 0 Å². The third-order valence-electron chi connectivity index (χ3n) is 5.32. The Morgan fingerprint density at radius 1 is 0.923 bits per heavy atom. The molecular weight excluding hydrogens is 348 g/mol. The van der Waals surface area contributed by atoms with E-state index in [2.05, 4.69) is 16.1 Å². The van der Waals surface area contributed by atoms with E-state index in [9.17, 15) is 4.79 Å². The van der Waals surface area contributed by atoms with Crippen molar-refractivity contribution in [1.82, 2.24) is 4.72 Å². The van der Waals surface area contributed by atoms with Crippen LogP contribution in [0.15, 0.2) is 29.2 Å². The molecule has 2 aromatic rings. The monoisotopic (exact) mass is 368 g/mol. The molecule has 2 amide bonds. The van der Waals surface area contributed by atoms with Gasteiger partial charge in [0.15, 0.2) is 11.5 Å². The molecule has 3 aliphatic rings. The molecule has 26 heavy (non-hydrogen) atoms. The Bertz CT molecular complexity index is 865. The first-order valence-corrected chi connectivity index (χ1v) is 9.89. The van der Waals surface area contributed by atoms with Gasteiger partial charge in [-0.15, -0.1) is 0 Å². The molecule has 134 valence electrons. The van der Waals surface area contributed by atoms with Crippen LogP contribution in [0, 0.1) is 0 Å². The summed E-state index contributed by atoms with van der Waals surface area (Å²) in [6.07, 6.45) is 6.75. The summed E-state index contributed by atoms with van der Waals surface area (Å²) in [6, 6.07) is 7.85. The van der Waals surface area contributed by atoms with Gasteiger partial charge in [0, 0.05) is 10.6 Å². The SMILES string of the molecule is O=C(NSc1ccc2c(c1)OCO2)Nc1c2c(cc3c1CCC3)CCC2. The number of benzene rings is 2. The molecule has 0 unspecified atom stereocenters. The molecule has 0 aromatic heterocycles. The minimum atomic E-state index is -0.179. The Hall–Kier alpha value is -2.34. The highest BCUT2D eigenvalue weighted by Crippen LogP contribution is 2.39. The lowest BCUT2D eigenvalue weighted by atomic mass is 9.99. The van der Waals surface area contributed by atoms with Crippen LogP contribution in [0.5, 0.6) is 11.5 Å². The van der Waals surface area contributed by atoms with Crippen molar-refractivity contribution in [2.75, 3.05) is 12.1 Å². The molecule has 2 aliphatic carbocycles. The summed E-state index contributed by atoms with van der Waals surface area (Å²) in [5.74, 6) is 1.46. The zero-order chi connectivity index (χ0) is 17.5. The van der Waals surface area contributed by atoms with Gasteiger partial charge in [-0.05, 0) is 90.9 Å². The molecule has 0 bridgehead atoms. The second-order valence-corrected chi connectivity index (χ2v) is 7.79. The Kier molecular flexibility index (Phi) is 3.93. The summed E-state index contributed by atoms with van der Waals surface area (Å²) in [6.45, 7) is 0.252. The third kappa shape index (κ3) is 2.78. The van der Waals surface area contributed by atoms with Crippen LogP contribution in [0.3, 0.4) is 0 Å². The Morgan fingerprint density at radius 3 is 2.42 bits per heavy atom. The molecule has 0 fully saturated rings. The maximum Gasteiger partial charge on any atom is 0.329 e. The number of aryl methyl sites for hydroxylation is 2. The smallest absolute Gasteiger partial charge is 0.329 e. The van der Waals surface area contributed by atoms with Crippen LogP contribution in [0.2, 0.25) is 0 Å². The van der Waals surface area contributed by atoms with Gasteiger partial charge in [-0.1, -0.05) is 6.07 Å². The van der Waals surface area contributed by atoms with Crippen LogP contribution in [0.1, 0.15) is 35.1 Å². The Balaban J connectivity index is 1.31. The van der Waals surface area contributed by atoms with Gasteiger partial charge in [0.1, 0.15) is 0 Å². The van der Waals surface area contributed by atoms with Crippen molar-refractivity contribution in [3.05, 3.63) is 46.5 Å². The minimum absolute atomic E-state index is 0.179. The summed E-state index contributed by atoms with van der Waals surface area (Å²) < 4.78 is 13.6. The molecular formula is C20H20N2O3S. The highest BCUT2D eigenvalue weighted by Gasteiger charge is 2.25. The standard InChI is InChI=1S/C20H20N2O3S/c23-20(22-26-14-7-8-17-18(10-14)25-11-24-17)21-19-15-5-1-3-12(15)9-13-4-2-6-16(13)19/h7-10H,1-6,11H2,(H2,21,22,23). The first kappa shape index (κ1) is 15.9. The van der Waals surface area contributed by atoms with Gasteiger partial charge in [-0.25, -0.2) is 4.79 Å². The lowest BCUT2D eigenvalue weighted by Crippen LogP contribution is -2.24. The molecule has 0 saturated heterocycles. The molecule has 2 N–H and O–H groups in total. The zero-order valence-corrected chi connectivity index (χ0v) is 15.2. The van der Waals surface area contributed by atoms with Crippen LogP contribution in [-0.4, -0.2) is 12.8 Å². The van der Waals surface area contributed by atoms with Crippen molar-refractivity contribution < 1.29 is 14.3 Å². The number of fused-ring (bicyclic) bond motifs is 3. The zero-order valence-electron chi connectivity index (χ0n) is 14.4. The van der Waals surface area contributed by atoms with Gasteiger partial charge in [-0.2, -0.15) is 0 Å². The topological polar surface area (TPSA) is 59.6 Å². The van der Waals surface area contributed by atoms with E-state index >= 15 is 0 Å². The number of hydrogen-bond acceptors (Lipinski definition) is 4. The van der Waals surface area contributed by atoms with E-state index in [1.165, 1.54) is 47.0 Å². The fourth-order valence-electron chi connectivity index (χ4n) is 4.15. The van der Waals surface area contributed by atoms with Gasteiger partial charge in [-0.3, -0.25) is 4.72 Å². The quantitative estimate of drug-likeness (QED) is 0.797. The van der Waals surface area contributed by atoms with Crippen molar-refractivity contribution in [3.8, 4) is 11.5 Å². The Labute approximate surface area is 156 Å². The second kappa shape index (κ2) is 6.43. The van der Waals surface area contributed by atoms with Gasteiger partial charge >= 0.3 is 6.03 Å². The summed E-state index contributed by atoms with van der Waals surface area (Å²) in [7, 11) is 0. The highest BCUT2D eigenvalue weighted by atomic mass is 32.2. The van der Waals surface area contributed by atoms with Crippen molar-refractivity contribution in [2.45, 2.75) is 43.4 Å². The average Bonchev–Trinajstić information content (AvgIpc) is 3.38. The fourth-order valence-corrected chi connectivity index (χ4v) is 4.72. The van der Waals surface area contributed by atoms with Crippen LogP contribution >= 0.6 is 11.9 Å². The molecule has 5 rings (SSSR count). The van der Waals surface area contributed by atoms with Crippen LogP contribution < -0.4 is 19.5 Å². The van der Waals surface area contributed by atoms with E-state index in [0.717, 1.165) is 47.8 Å². The molecule has 1 aliphatic heterocycles. The number of rotatable bonds is 3.